The Morgan fingerprint density at radius 2 is 2.05 bits per heavy atom. The first kappa shape index (κ1) is 12.8. The fourth-order valence-electron chi connectivity index (χ4n) is 4.08. The number of carbonyl (C=O) groups excluding carboxylic acids is 2. The van der Waals surface area contributed by atoms with Crippen molar-refractivity contribution < 1.29 is 14.3 Å². The summed E-state index contributed by atoms with van der Waals surface area (Å²) < 4.78 is 4.84. The average Bonchev–Trinajstić information content (AvgIpc) is 2.42. The molecule has 3 saturated heterocycles. The summed E-state index contributed by atoms with van der Waals surface area (Å²) in [7, 11) is 1.44. The van der Waals surface area contributed by atoms with Crippen LogP contribution in [0.15, 0.2) is 0 Å². The van der Waals surface area contributed by atoms with Crippen molar-refractivity contribution in [2.24, 2.45) is 17.8 Å². The number of methoxy groups -OCH3 is 1. The van der Waals surface area contributed by atoms with E-state index in [4.69, 9.17) is 4.74 Å². The predicted octanol–water partition coefficient (Wildman–Crippen LogP) is 1.33. The van der Waals surface area contributed by atoms with Gasteiger partial charge in [0.2, 0.25) is 5.91 Å². The predicted molar refractivity (Wildman–Crippen MR) is 69.5 cm³/mol. The Balaban J connectivity index is 1.76. The topological polar surface area (TPSA) is 49.9 Å². The number of hydrogen-bond acceptors (Lipinski definition) is 3. The molecule has 4 atom stereocenters. The summed E-state index contributed by atoms with van der Waals surface area (Å²) >= 11 is 0. The van der Waals surface area contributed by atoms with Gasteiger partial charge in [0.05, 0.1) is 7.11 Å². The Morgan fingerprint density at radius 1 is 1.26 bits per heavy atom. The number of hydrogen-bond donors (Lipinski definition) is 0. The molecule has 0 aromatic heterocycles. The van der Waals surface area contributed by atoms with Gasteiger partial charge in [-0.05, 0) is 31.1 Å². The van der Waals surface area contributed by atoms with Crippen LogP contribution in [0, 0.1) is 17.8 Å². The van der Waals surface area contributed by atoms with Crippen molar-refractivity contribution >= 4 is 12.0 Å². The second-order valence-electron chi connectivity index (χ2n) is 6.27. The molecule has 5 nitrogen and oxygen atoms in total. The van der Waals surface area contributed by atoms with Crippen LogP contribution in [0.2, 0.25) is 0 Å². The average molecular weight is 266 g/mol. The molecule has 0 spiro atoms. The SMILES string of the molecule is COC(=O)N1C[C@@H]2C[C@H](C1)[C@@H]1CC[C@@H](C)C(=O)N1C2. The van der Waals surface area contributed by atoms with E-state index in [-0.39, 0.29) is 12.0 Å². The largest absolute Gasteiger partial charge is 0.453 e. The van der Waals surface area contributed by atoms with Gasteiger partial charge in [0.1, 0.15) is 0 Å². The summed E-state index contributed by atoms with van der Waals surface area (Å²) in [5, 5.41) is 0. The molecule has 106 valence electrons. The molecule has 0 radical (unpaired) electrons. The summed E-state index contributed by atoms with van der Waals surface area (Å²) in [4.78, 5) is 27.9. The van der Waals surface area contributed by atoms with Crippen LogP contribution < -0.4 is 0 Å². The van der Waals surface area contributed by atoms with E-state index in [0.29, 0.717) is 23.8 Å². The number of rotatable bonds is 0. The fraction of sp³-hybridized carbons (Fsp3) is 0.857. The highest BCUT2D eigenvalue weighted by atomic mass is 16.5. The molecule has 0 aliphatic carbocycles. The molecule has 3 fully saturated rings. The van der Waals surface area contributed by atoms with Crippen LogP contribution in [-0.2, 0) is 9.53 Å². The minimum atomic E-state index is -0.223. The lowest BCUT2D eigenvalue weighted by atomic mass is 9.74. The van der Waals surface area contributed by atoms with Gasteiger partial charge >= 0.3 is 6.09 Å². The normalized spacial score (nSPS) is 37.9. The van der Waals surface area contributed by atoms with Crippen molar-refractivity contribution in [2.45, 2.75) is 32.2 Å². The molecule has 0 N–H and O–H groups in total. The maximum atomic E-state index is 12.3. The maximum absolute atomic E-state index is 12.3. The number of nitrogens with zero attached hydrogens (tertiary/aromatic N) is 2. The summed E-state index contributed by atoms with van der Waals surface area (Å²) in [6, 6.07) is 0.340. The van der Waals surface area contributed by atoms with Crippen LogP contribution in [0.25, 0.3) is 0 Å². The van der Waals surface area contributed by atoms with Crippen LogP contribution in [0.5, 0.6) is 0 Å². The minimum absolute atomic E-state index is 0.173. The molecule has 3 heterocycles. The van der Waals surface area contributed by atoms with Crippen molar-refractivity contribution in [1.29, 1.82) is 0 Å². The molecule has 0 aromatic carbocycles. The molecule has 2 amide bonds. The lowest BCUT2D eigenvalue weighted by molar-refractivity contribution is -0.149. The van der Waals surface area contributed by atoms with E-state index in [1.165, 1.54) is 7.11 Å². The number of fused-ring (bicyclic) bond motifs is 4. The van der Waals surface area contributed by atoms with Crippen LogP contribution >= 0.6 is 0 Å². The molecule has 5 heteroatoms. The second kappa shape index (κ2) is 4.69. The third kappa shape index (κ3) is 2.09. The van der Waals surface area contributed by atoms with E-state index in [9.17, 15) is 9.59 Å². The highest BCUT2D eigenvalue weighted by Gasteiger charge is 2.46. The quantitative estimate of drug-likeness (QED) is 0.664. The van der Waals surface area contributed by atoms with Gasteiger partial charge in [-0.1, -0.05) is 6.92 Å². The summed E-state index contributed by atoms with van der Waals surface area (Å²) in [6.45, 7) is 4.32. The smallest absolute Gasteiger partial charge is 0.409 e. The number of amides is 2. The van der Waals surface area contributed by atoms with Crippen molar-refractivity contribution in [3.8, 4) is 0 Å². The standard InChI is InChI=1S/C14H22N2O3/c1-9-3-4-12-11-5-10(7-16(12)13(9)17)6-15(8-11)14(18)19-2/h9-12H,3-8H2,1-2H3/t9-,10+,11-,12+/m1/s1. The first-order chi connectivity index (χ1) is 9.10. The van der Waals surface area contributed by atoms with E-state index in [1.54, 1.807) is 0 Å². The number of piperidine rings is 3. The molecular weight excluding hydrogens is 244 g/mol. The van der Waals surface area contributed by atoms with Crippen LogP contribution in [0.4, 0.5) is 4.79 Å². The van der Waals surface area contributed by atoms with Gasteiger partial charge in [-0.3, -0.25) is 4.79 Å². The molecular formula is C14H22N2O3. The molecule has 0 aromatic rings. The maximum Gasteiger partial charge on any atom is 0.409 e. The lowest BCUT2D eigenvalue weighted by Crippen LogP contribution is -2.62. The van der Waals surface area contributed by atoms with Gasteiger partial charge in [-0.15, -0.1) is 0 Å². The van der Waals surface area contributed by atoms with Crippen molar-refractivity contribution in [2.75, 3.05) is 26.7 Å². The Kier molecular flexibility index (Phi) is 3.15. The summed E-state index contributed by atoms with van der Waals surface area (Å²) in [5.41, 5.74) is 0. The van der Waals surface area contributed by atoms with Crippen molar-refractivity contribution in [1.82, 2.24) is 9.80 Å². The first-order valence-corrected chi connectivity index (χ1v) is 7.23. The number of carbonyl (C=O) groups is 2. The number of ether oxygens (including phenoxy) is 1. The zero-order valence-corrected chi connectivity index (χ0v) is 11.7. The van der Waals surface area contributed by atoms with Gasteiger partial charge in [-0.2, -0.15) is 0 Å². The third-order valence-electron chi connectivity index (χ3n) is 5.00. The molecule has 0 unspecified atom stereocenters. The third-order valence-corrected chi connectivity index (χ3v) is 5.00. The Labute approximate surface area is 113 Å². The highest BCUT2D eigenvalue weighted by molar-refractivity contribution is 5.80. The molecule has 19 heavy (non-hydrogen) atoms. The minimum Gasteiger partial charge on any atom is -0.453 e. The lowest BCUT2D eigenvalue weighted by Gasteiger charge is -2.52. The van der Waals surface area contributed by atoms with Gasteiger partial charge in [0.25, 0.3) is 0 Å². The zero-order chi connectivity index (χ0) is 13.6. The molecule has 0 saturated carbocycles. The fourth-order valence-corrected chi connectivity index (χ4v) is 4.08. The van der Waals surface area contributed by atoms with Crippen molar-refractivity contribution in [3.05, 3.63) is 0 Å². The second-order valence-corrected chi connectivity index (χ2v) is 6.27. The number of likely N-dealkylation sites (tertiary alicyclic amines) is 1. The van der Waals surface area contributed by atoms with E-state index in [2.05, 4.69) is 4.90 Å². The van der Waals surface area contributed by atoms with Crippen molar-refractivity contribution in [3.63, 3.8) is 0 Å². The van der Waals surface area contributed by atoms with E-state index >= 15 is 0 Å². The van der Waals surface area contributed by atoms with E-state index in [1.807, 2.05) is 11.8 Å². The monoisotopic (exact) mass is 266 g/mol. The van der Waals surface area contributed by atoms with Crippen LogP contribution in [0.1, 0.15) is 26.2 Å². The van der Waals surface area contributed by atoms with E-state index in [0.717, 1.165) is 38.9 Å². The molecule has 3 aliphatic heterocycles. The molecule has 2 bridgehead atoms. The van der Waals surface area contributed by atoms with Gasteiger partial charge < -0.3 is 14.5 Å². The summed E-state index contributed by atoms with van der Waals surface area (Å²) in [6.07, 6.45) is 2.99. The van der Waals surface area contributed by atoms with E-state index < -0.39 is 0 Å². The van der Waals surface area contributed by atoms with Gasteiger partial charge in [0, 0.05) is 31.6 Å². The Hall–Kier alpha value is -1.26. The Bertz CT molecular complexity index is 398. The highest BCUT2D eigenvalue weighted by Crippen LogP contribution is 2.39. The van der Waals surface area contributed by atoms with Gasteiger partial charge in [0.15, 0.2) is 0 Å². The molecule has 3 rings (SSSR count). The summed E-state index contributed by atoms with van der Waals surface area (Å²) in [5.74, 6) is 1.34. The van der Waals surface area contributed by atoms with Crippen LogP contribution in [-0.4, -0.2) is 54.6 Å². The van der Waals surface area contributed by atoms with Gasteiger partial charge in [-0.25, -0.2) is 4.79 Å². The zero-order valence-electron chi connectivity index (χ0n) is 11.7. The molecule has 3 aliphatic rings. The van der Waals surface area contributed by atoms with Crippen LogP contribution in [0.3, 0.4) is 0 Å². The first-order valence-electron chi connectivity index (χ1n) is 7.23. The Morgan fingerprint density at radius 3 is 2.79 bits per heavy atom.